The second kappa shape index (κ2) is 4.35. The lowest BCUT2D eigenvalue weighted by molar-refractivity contribution is -0.391. The SMILES string of the molecule is Nc1cnc([N+](=O)[O-])c(C(F)F)c1CCl. The van der Waals surface area contributed by atoms with Crippen LogP contribution in [0.3, 0.4) is 0 Å². The highest BCUT2D eigenvalue weighted by atomic mass is 35.5. The second-order valence-electron chi connectivity index (χ2n) is 2.62. The predicted octanol–water partition coefficient (Wildman–Crippen LogP) is 2.25. The summed E-state index contributed by atoms with van der Waals surface area (Å²) in [6.07, 6.45) is -2.09. The normalized spacial score (nSPS) is 10.7. The van der Waals surface area contributed by atoms with E-state index in [0.717, 1.165) is 6.20 Å². The monoisotopic (exact) mass is 237 g/mol. The number of halogens is 3. The average Bonchev–Trinajstić information content (AvgIpc) is 2.16. The molecule has 0 amide bonds. The van der Waals surface area contributed by atoms with Crippen molar-refractivity contribution in [2.75, 3.05) is 5.73 Å². The molecule has 0 radical (unpaired) electrons. The largest absolute Gasteiger partial charge is 0.395 e. The summed E-state index contributed by atoms with van der Waals surface area (Å²) in [7, 11) is 0. The van der Waals surface area contributed by atoms with Crippen molar-refractivity contribution in [3.05, 3.63) is 27.4 Å². The van der Waals surface area contributed by atoms with Crippen LogP contribution in [0.15, 0.2) is 6.20 Å². The number of alkyl halides is 3. The second-order valence-corrected chi connectivity index (χ2v) is 2.89. The van der Waals surface area contributed by atoms with E-state index in [1.54, 1.807) is 0 Å². The highest BCUT2D eigenvalue weighted by molar-refractivity contribution is 6.17. The minimum Gasteiger partial charge on any atom is -0.395 e. The zero-order valence-electron chi connectivity index (χ0n) is 7.28. The Kier molecular flexibility index (Phi) is 3.35. The Bertz CT molecular complexity index is 400. The standard InChI is InChI=1S/C7H6ClF2N3O2/c8-1-3-4(11)2-12-7(13(14)15)5(3)6(9)10/h2,6H,1,11H2. The summed E-state index contributed by atoms with van der Waals surface area (Å²) >= 11 is 5.39. The van der Waals surface area contributed by atoms with Gasteiger partial charge in [0.15, 0.2) is 6.20 Å². The van der Waals surface area contributed by atoms with E-state index in [0.29, 0.717) is 0 Å². The number of pyridine rings is 1. The number of anilines is 1. The van der Waals surface area contributed by atoms with Crippen LogP contribution < -0.4 is 5.73 Å². The van der Waals surface area contributed by atoms with E-state index in [1.165, 1.54) is 0 Å². The molecule has 15 heavy (non-hydrogen) atoms. The van der Waals surface area contributed by atoms with E-state index < -0.39 is 22.7 Å². The molecule has 0 atom stereocenters. The maximum atomic E-state index is 12.6. The number of nitrogen functional groups attached to an aromatic ring is 1. The van der Waals surface area contributed by atoms with Crippen LogP contribution in [0.1, 0.15) is 17.6 Å². The first-order chi connectivity index (χ1) is 6.99. The average molecular weight is 238 g/mol. The van der Waals surface area contributed by atoms with Crippen LogP contribution in [0.4, 0.5) is 20.3 Å². The molecule has 0 saturated heterocycles. The lowest BCUT2D eigenvalue weighted by Crippen LogP contribution is -2.06. The third kappa shape index (κ3) is 2.12. The zero-order chi connectivity index (χ0) is 11.6. The molecule has 1 heterocycles. The van der Waals surface area contributed by atoms with Gasteiger partial charge in [-0.1, -0.05) is 0 Å². The fraction of sp³-hybridized carbons (Fsp3) is 0.286. The van der Waals surface area contributed by atoms with Gasteiger partial charge in [0.1, 0.15) is 5.56 Å². The number of aromatic nitrogens is 1. The van der Waals surface area contributed by atoms with Crippen molar-refractivity contribution in [3.63, 3.8) is 0 Å². The van der Waals surface area contributed by atoms with E-state index in [9.17, 15) is 18.9 Å². The Morgan fingerprint density at radius 3 is 2.67 bits per heavy atom. The van der Waals surface area contributed by atoms with Gasteiger partial charge < -0.3 is 15.8 Å². The van der Waals surface area contributed by atoms with Crippen molar-refractivity contribution in [2.45, 2.75) is 12.3 Å². The minimum atomic E-state index is -3.03. The van der Waals surface area contributed by atoms with Gasteiger partial charge in [-0.3, -0.25) is 0 Å². The first-order valence-corrected chi connectivity index (χ1v) is 4.28. The first kappa shape index (κ1) is 11.6. The molecule has 0 unspecified atom stereocenters. The van der Waals surface area contributed by atoms with Crippen LogP contribution in [-0.4, -0.2) is 9.91 Å². The molecule has 0 aliphatic heterocycles. The maximum Gasteiger partial charge on any atom is 0.372 e. The molecule has 5 nitrogen and oxygen atoms in total. The zero-order valence-corrected chi connectivity index (χ0v) is 8.04. The number of rotatable bonds is 3. The van der Waals surface area contributed by atoms with Gasteiger partial charge in [-0.15, -0.1) is 11.6 Å². The lowest BCUT2D eigenvalue weighted by Gasteiger charge is -2.07. The summed E-state index contributed by atoms with van der Waals surface area (Å²) < 4.78 is 25.1. The lowest BCUT2D eigenvalue weighted by atomic mass is 10.1. The van der Waals surface area contributed by atoms with Crippen molar-refractivity contribution in [1.29, 1.82) is 0 Å². The first-order valence-electron chi connectivity index (χ1n) is 3.74. The molecule has 1 aromatic rings. The maximum absolute atomic E-state index is 12.6. The Balaban J connectivity index is 3.49. The van der Waals surface area contributed by atoms with Crippen molar-refractivity contribution < 1.29 is 13.7 Å². The molecule has 0 bridgehead atoms. The third-order valence-corrected chi connectivity index (χ3v) is 2.03. The number of nitrogens with zero attached hydrogens (tertiary/aromatic N) is 2. The van der Waals surface area contributed by atoms with Crippen LogP contribution in [0.5, 0.6) is 0 Å². The molecule has 0 spiro atoms. The van der Waals surface area contributed by atoms with E-state index in [4.69, 9.17) is 17.3 Å². The smallest absolute Gasteiger partial charge is 0.372 e. The number of hydrogen-bond donors (Lipinski definition) is 1. The Labute approximate surface area is 88.0 Å². The highest BCUT2D eigenvalue weighted by Gasteiger charge is 2.28. The molecule has 1 rings (SSSR count). The Morgan fingerprint density at radius 2 is 2.27 bits per heavy atom. The van der Waals surface area contributed by atoms with Crippen LogP contribution in [-0.2, 0) is 5.88 Å². The molecule has 0 aromatic carbocycles. The van der Waals surface area contributed by atoms with E-state index >= 15 is 0 Å². The Hall–Kier alpha value is -1.50. The van der Waals surface area contributed by atoms with Crippen LogP contribution in [0, 0.1) is 10.1 Å². The highest BCUT2D eigenvalue weighted by Crippen LogP contribution is 2.34. The number of nitro groups is 1. The van der Waals surface area contributed by atoms with Gasteiger partial charge in [-0.05, 0) is 9.91 Å². The summed E-state index contributed by atoms with van der Waals surface area (Å²) in [5.41, 5.74) is 4.30. The molecule has 0 saturated carbocycles. The molecule has 1 aromatic heterocycles. The number of nitrogens with two attached hydrogens (primary N) is 1. The Morgan fingerprint density at radius 1 is 1.67 bits per heavy atom. The van der Waals surface area contributed by atoms with Crippen LogP contribution >= 0.6 is 11.6 Å². The molecular formula is C7H6ClF2N3O2. The topological polar surface area (TPSA) is 82.0 Å². The van der Waals surface area contributed by atoms with Gasteiger partial charge >= 0.3 is 5.82 Å². The summed E-state index contributed by atoms with van der Waals surface area (Å²) in [4.78, 5) is 12.7. The summed E-state index contributed by atoms with van der Waals surface area (Å²) in [5.74, 6) is -1.23. The van der Waals surface area contributed by atoms with Crippen LogP contribution in [0.2, 0.25) is 0 Å². The molecule has 0 aliphatic rings. The van der Waals surface area contributed by atoms with Crippen molar-refractivity contribution in [3.8, 4) is 0 Å². The van der Waals surface area contributed by atoms with Gasteiger partial charge in [-0.25, -0.2) is 8.78 Å². The van der Waals surface area contributed by atoms with Crippen molar-refractivity contribution in [1.82, 2.24) is 4.98 Å². The summed E-state index contributed by atoms with van der Waals surface area (Å²) in [6.45, 7) is 0. The van der Waals surface area contributed by atoms with Crippen molar-refractivity contribution in [2.24, 2.45) is 0 Å². The summed E-state index contributed by atoms with van der Waals surface area (Å²) in [6, 6.07) is 0. The fourth-order valence-electron chi connectivity index (χ4n) is 1.09. The molecule has 8 heteroatoms. The fourth-order valence-corrected chi connectivity index (χ4v) is 1.39. The van der Waals surface area contributed by atoms with Gasteiger partial charge in [0.2, 0.25) is 0 Å². The molecule has 0 fully saturated rings. The van der Waals surface area contributed by atoms with Gasteiger partial charge in [0.25, 0.3) is 6.43 Å². The molecule has 82 valence electrons. The van der Waals surface area contributed by atoms with Crippen molar-refractivity contribution >= 4 is 23.1 Å². The van der Waals surface area contributed by atoms with E-state index in [-0.39, 0.29) is 17.1 Å². The summed E-state index contributed by atoms with van der Waals surface area (Å²) in [5, 5.41) is 10.4. The molecule has 0 aliphatic carbocycles. The third-order valence-electron chi connectivity index (χ3n) is 1.77. The minimum absolute atomic E-state index is 0.0779. The van der Waals surface area contributed by atoms with E-state index in [2.05, 4.69) is 4.98 Å². The van der Waals surface area contributed by atoms with Gasteiger partial charge in [0.05, 0.1) is 11.6 Å². The quantitative estimate of drug-likeness (QED) is 0.497. The van der Waals surface area contributed by atoms with Crippen LogP contribution in [0.25, 0.3) is 0 Å². The molecule has 2 N–H and O–H groups in total. The number of hydrogen-bond acceptors (Lipinski definition) is 4. The predicted molar refractivity (Wildman–Crippen MR) is 49.8 cm³/mol. The molecular weight excluding hydrogens is 232 g/mol. The van der Waals surface area contributed by atoms with E-state index in [1.807, 2.05) is 0 Å². The van der Waals surface area contributed by atoms with Gasteiger partial charge in [-0.2, -0.15) is 0 Å². The van der Waals surface area contributed by atoms with Gasteiger partial charge in [0, 0.05) is 5.56 Å².